The number of carbonyl (C=O) groups is 1. The molecule has 0 bridgehead atoms. The lowest BCUT2D eigenvalue weighted by molar-refractivity contribution is 0.150. The zero-order valence-electron chi connectivity index (χ0n) is 5.96. The quantitative estimate of drug-likeness (QED) is 0.287. The van der Waals surface area contributed by atoms with Gasteiger partial charge in [0, 0.05) is 0 Å². The highest BCUT2D eigenvalue weighted by Gasteiger charge is 2.34. The molecule has 2 heterocycles. The highest BCUT2D eigenvalue weighted by atomic mass is 16.3. The van der Waals surface area contributed by atoms with Crippen LogP contribution in [0.5, 0.6) is 0 Å². The van der Waals surface area contributed by atoms with Crippen molar-refractivity contribution in [3.05, 3.63) is 0 Å². The lowest BCUT2D eigenvalue weighted by atomic mass is 10.2. The van der Waals surface area contributed by atoms with E-state index in [4.69, 9.17) is 10.5 Å². The summed E-state index contributed by atoms with van der Waals surface area (Å²) in [5, 5.41) is 23.5. The second-order valence-corrected chi connectivity index (χ2v) is 2.46. The number of aliphatic imine (C=N–C) groups is 1. The maximum Gasteiger partial charge on any atom is 0.321 e. The van der Waals surface area contributed by atoms with Gasteiger partial charge in [-0.15, -0.1) is 0 Å². The Morgan fingerprint density at radius 2 is 2.33 bits per heavy atom. The second-order valence-electron chi connectivity index (χ2n) is 2.46. The van der Waals surface area contributed by atoms with Crippen molar-refractivity contribution in [2.24, 2.45) is 4.99 Å². The monoisotopic (exact) mass is 169 g/mol. The van der Waals surface area contributed by atoms with E-state index in [1.807, 2.05) is 0 Å². The Morgan fingerprint density at radius 3 is 3.08 bits per heavy atom. The second kappa shape index (κ2) is 2.26. The van der Waals surface area contributed by atoms with E-state index in [0.717, 1.165) is 0 Å². The number of aliphatic hydroxyl groups is 1. The number of carbonyl (C=O) groups excluding carboxylic acids is 1. The third-order valence-electron chi connectivity index (χ3n) is 1.62. The summed E-state index contributed by atoms with van der Waals surface area (Å²) in [6.45, 7) is 0. The fraction of sp³-hybridized carbons (Fsp3) is 0.400. The van der Waals surface area contributed by atoms with Crippen LogP contribution in [0.4, 0.5) is 4.79 Å². The Morgan fingerprint density at radius 1 is 1.58 bits per heavy atom. The molecule has 0 aromatic heterocycles. The van der Waals surface area contributed by atoms with Gasteiger partial charge >= 0.3 is 6.03 Å². The predicted molar refractivity (Wildman–Crippen MR) is 39.8 cm³/mol. The third-order valence-corrected chi connectivity index (χ3v) is 1.62. The highest BCUT2D eigenvalue weighted by molar-refractivity contribution is 6.46. The van der Waals surface area contributed by atoms with Crippen LogP contribution in [0.3, 0.4) is 0 Å². The van der Waals surface area contributed by atoms with Gasteiger partial charge in [-0.3, -0.25) is 10.7 Å². The Balaban J connectivity index is 2.26. The Hall–Kier alpha value is -1.47. The van der Waals surface area contributed by atoms with Gasteiger partial charge in [0.2, 0.25) is 6.35 Å². The lowest BCUT2D eigenvalue weighted by Gasteiger charge is -2.21. The Bertz CT molecular complexity index is 286. The Kier molecular flexibility index (Phi) is 1.35. The zero-order chi connectivity index (χ0) is 8.72. The van der Waals surface area contributed by atoms with Crippen LogP contribution in [0, 0.1) is 5.41 Å². The van der Waals surface area contributed by atoms with Crippen LogP contribution in [0.25, 0.3) is 0 Å². The van der Waals surface area contributed by atoms with Crippen molar-refractivity contribution in [2.45, 2.75) is 12.5 Å². The number of hydrogen-bond acceptors (Lipinski definition) is 5. The fourth-order valence-corrected chi connectivity index (χ4v) is 1.14. The van der Waals surface area contributed by atoms with Crippen molar-refractivity contribution in [3.63, 3.8) is 0 Å². The number of urea groups is 1. The molecule has 7 nitrogen and oxygen atoms in total. The molecule has 2 amide bonds. The summed E-state index contributed by atoms with van der Waals surface area (Å²) in [7, 11) is 0. The van der Waals surface area contributed by atoms with Gasteiger partial charge in [-0.05, 0) is 0 Å². The fourth-order valence-electron chi connectivity index (χ4n) is 1.14. The summed E-state index contributed by atoms with van der Waals surface area (Å²) in [4.78, 5) is 14.5. The number of nitrogens with zero attached hydrogens (tertiary/aromatic N) is 1. The van der Waals surface area contributed by atoms with E-state index in [0.29, 0.717) is 5.71 Å². The average Bonchev–Trinajstić information content (AvgIpc) is 2.29. The summed E-state index contributed by atoms with van der Waals surface area (Å²) >= 11 is 0. The Labute approximate surface area is 67.4 Å². The average molecular weight is 169 g/mol. The van der Waals surface area contributed by atoms with Crippen molar-refractivity contribution < 1.29 is 9.90 Å². The lowest BCUT2D eigenvalue weighted by Crippen LogP contribution is -2.61. The molecule has 64 valence electrons. The van der Waals surface area contributed by atoms with Crippen LogP contribution >= 0.6 is 0 Å². The summed E-state index contributed by atoms with van der Waals surface area (Å²) in [5.74, 6) is -0.0761. The number of amides is 2. The van der Waals surface area contributed by atoms with Crippen LogP contribution in [0.2, 0.25) is 0 Å². The van der Waals surface area contributed by atoms with Crippen molar-refractivity contribution in [1.82, 2.24) is 16.0 Å². The minimum absolute atomic E-state index is 0.0761. The molecule has 7 heteroatoms. The van der Waals surface area contributed by atoms with E-state index in [-0.39, 0.29) is 5.84 Å². The minimum Gasteiger partial charge on any atom is -0.359 e. The minimum atomic E-state index is -1.04. The van der Waals surface area contributed by atoms with Crippen LogP contribution in [0.1, 0.15) is 0 Å². The maximum absolute atomic E-state index is 10.8. The van der Waals surface area contributed by atoms with E-state index in [1.54, 1.807) is 0 Å². The largest absolute Gasteiger partial charge is 0.359 e. The molecule has 5 N–H and O–H groups in total. The van der Waals surface area contributed by atoms with Crippen molar-refractivity contribution in [2.75, 3.05) is 0 Å². The first-order chi connectivity index (χ1) is 5.66. The van der Waals surface area contributed by atoms with E-state index in [2.05, 4.69) is 20.9 Å². The first-order valence-electron chi connectivity index (χ1n) is 3.35. The standard InChI is InChI=1S/C5H7N5O2/c6-2-1-3(9-4(11)7-1)10-5(12)8-2/h3-4,9,11H,(H3,6,8,10,12). The molecular formula is C5H7N5O2. The molecule has 0 aromatic carbocycles. The number of hydrogen-bond donors (Lipinski definition) is 5. The summed E-state index contributed by atoms with van der Waals surface area (Å²) < 4.78 is 0. The van der Waals surface area contributed by atoms with Crippen LogP contribution in [-0.2, 0) is 0 Å². The van der Waals surface area contributed by atoms with Crippen LogP contribution in [0.15, 0.2) is 4.99 Å². The molecule has 2 aliphatic rings. The van der Waals surface area contributed by atoms with Gasteiger partial charge in [0.15, 0.2) is 5.84 Å². The van der Waals surface area contributed by atoms with E-state index >= 15 is 0 Å². The highest BCUT2D eigenvalue weighted by Crippen LogP contribution is 2.03. The topological polar surface area (TPSA) is 110 Å². The normalized spacial score (nSPS) is 33.6. The predicted octanol–water partition coefficient (Wildman–Crippen LogP) is -2.08. The van der Waals surface area contributed by atoms with Gasteiger partial charge in [-0.25, -0.2) is 15.1 Å². The molecule has 2 atom stereocenters. The summed E-state index contributed by atoms with van der Waals surface area (Å²) in [6, 6.07) is -0.467. The van der Waals surface area contributed by atoms with Gasteiger partial charge in [-0.2, -0.15) is 0 Å². The van der Waals surface area contributed by atoms with Gasteiger partial charge in [0.05, 0.1) is 0 Å². The van der Waals surface area contributed by atoms with Crippen molar-refractivity contribution in [3.8, 4) is 0 Å². The first kappa shape index (κ1) is 7.19. The van der Waals surface area contributed by atoms with Crippen molar-refractivity contribution >= 4 is 17.6 Å². The van der Waals surface area contributed by atoms with Crippen LogP contribution < -0.4 is 16.0 Å². The van der Waals surface area contributed by atoms with Gasteiger partial charge in [0.25, 0.3) is 0 Å². The number of fused-ring (bicyclic) bond motifs is 1. The summed E-state index contributed by atoms with van der Waals surface area (Å²) in [6.07, 6.45) is -1.58. The summed E-state index contributed by atoms with van der Waals surface area (Å²) in [5.41, 5.74) is 0.321. The van der Waals surface area contributed by atoms with E-state index < -0.39 is 18.5 Å². The van der Waals surface area contributed by atoms with E-state index in [1.165, 1.54) is 0 Å². The molecular weight excluding hydrogens is 162 g/mol. The molecule has 1 saturated heterocycles. The zero-order valence-corrected chi connectivity index (χ0v) is 5.96. The molecule has 12 heavy (non-hydrogen) atoms. The molecule has 2 unspecified atom stereocenters. The molecule has 0 spiro atoms. The molecule has 2 aliphatic heterocycles. The number of nitrogens with one attached hydrogen (secondary N) is 4. The number of aliphatic hydroxyl groups excluding tert-OH is 1. The van der Waals surface area contributed by atoms with Crippen molar-refractivity contribution in [1.29, 1.82) is 5.41 Å². The van der Waals surface area contributed by atoms with E-state index in [9.17, 15) is 4.79 Å². The molecule has 0 radical (unpaired) electrons. The van der Waals surface area contributed by atoms with Gasteiger partial charge in [0.1, 0.15) is 11.9 Å². The number of amidine groups is 1. The molecule has 2 rings (SSSR count). The SMILES string of the molecule is N=C1NC(=O)NC2NC(O)N=C12. The van der Waals surface area contributed by atoms with Crippen LogP contribution in [-0.4, -0.2) is 35.2 Å². The molecule has 0 aliphatic carbocycles. The number of rotatable bonds is 0. The molecule has 1 fully saturated rings. The molecule has 0 aromatic rings. The maximum atomic E-state index is 10.8. The van der Waals surface area contributed by atoms with Gasteiger partial charge < -0.3 is 10.4 Å². The molecule has 0 saturated carbocycles. The smallest absolute Gasteiger partial charge is 0.321 e. The first-order valence-corrected chi connectivity index (χ1v) is 3.35. The third kappa shape index (κ3) is 0.953. The van der Waals surface area contributed by atoms with Gasteiger partial charge in [-0.1, -0.05) is 0 Å².